The quantitative estimate of drug-likeness (QED) is 0.385. The Labute approximate surface area is 226 Å². The predicted octanol–water partition coefficient (Wildman–Crippen LogP) is 4.91. The van der Waals surface area contributed by atoms with Gasteiger partial charge in [-0.15, -0.1) is 10.2 Å². The molecule has 198 valence electrons. The fraction of sp³-hybridized carbons (Fsp3) is 0.556. The lowest BCUT2D eigenvalue weighted by molar-refractivity contribution is 0.0247. The van der Waals surface area contributed by atoms with Gasteiger partial charge in [-0.05, 0) is 61.3 Å². The average molecular weight is 534 g/mol. The van der Waals surface area contributed by atoms with Crippen molar-refractivity contribution in [2.75, 3.05) is 18.1 Å². The lowest BCUT2D eigenvalue weighted by Gasteiger charge is -2.39. The summed E-state index contributed by atoms with van der Waals surface area (Å²) in [4.78, 5) is 17.2. The molecule has 38 heavy (non-hydrogen) atoms. The number of rotatable bonds is 5. The second-order valence-corrected chi connectivity index (χ2v) is 11.5. The summed E-state index contributed by atoms with van der Waals surface area (Å²) in [6.07, 6.45) is 12.2. The van der Waals surface area contributed by atoms with E-state index in [1.807, 2.05) is 18.3 Å². The minimum absolute atomic E-state index is 0.275. The number of ether oxygens (including phenoxy) is 1. The van der Waals surface area contributed by atoms with Crippen LogP contribution < -0.4 is 4.90 Å². The molecular weight excluding hydrogens is 502 g/mol. The van der Waals surface area contributed by atoms with Crippen molar-refractivity contribution in [3.05, 3.63) is 29.5 Å². The third-order valence-corrected chi connectivity index (χ3v) is 8.78. The number of nitrogens with zero attached hydrogens (tertiary/aromatic N) is 8. The molecule has 5 heterocycles. The fourth-order valence-corrected chi connectivity index (χ4v) is 6.78. The first-order valence-electron chi connectivity index (χ1n) is 13.8. The number of imidazole rings is 1. The van der Waals surface area contributed by atoms with Crippen LogP contribution in [0.25, 0.3) is 33.8 Å². The van der Waals surface area contributed by atoms with Crippen LogP contribution in [0.2, 0.25) is 5.02 Å². The van der Waals surface area contributed by atoms with Gasteiger partial charge in [-0.3, -0.25) is 4.98 Å². The monoisotopic (exact) mass is 533 g/mol. The van der Waals surface area contributed by atoms with Crippen LogP contribution in [0.3, 0.4) is 0 Å². The smallest absolute Gasteiger partial charge is 0.223 e. The zero-order valence-corrected chi connectivity index (χ0v) is 22.3. The first kappa shape index (κ1) is 24.0. The van der Waals surface area contributed by atoms with E-state index in [1.54, 1.807) is 6.20 Å². The van der Waals surface area contributed by atoms with Gasteiger partial charge in [0.15, 0.2) is 0 Å². The number of tetrazole rings is 1. The zero-order valence-electron chi connectivity index (χ0n) is 21.6. The number of pyridine rings is 2. The molecule has 3 aliphatic rings. The second kappa shape index (κ2) is 9.89. The molecule has 1 aliphatic heterocycles. The van der Waals surface area contributed by atoms with E-state index in [0.717, 1.165) is 66.7 Å². The molecule has 4 aromatic rings. The topological polar surface area (TPSA) is 111 Å². The van der Waals surface area contributed by atoms with Crippen LogP contribution in [0, 0.1) is 11.8 Å². The predicted molar refractivity (Wildman–Crippen MR) is 145 cm³/mol. The first-order valence-corrected chi connectivity index (χ1v) is 14.2. The number of fused-ring (bicyclic) bond motifs is 2. The Morgan fingerprint density at radius 2 is 1.97 bits per heavy atom. The van der Waals surface area contributed by atoms with E-state index in [9.17, 15) is 0 Å². The number of morpholine rings is 1. The SMILES string of the molecule is CC1CCC(Cn2c(N3CCO[C@H]4CCC[C@@H]43)nc3cc(-c4nn[nH]n4)nc(-c4cncc(Cl)c4)c32)CC1. The van der Waals surface area contributed by atoms with E-state index >= 15 is 0 Å². The summed E-state index contributed by atoms with van der Waals surface area (Å²) in [5.74, 6) is 2.85. The summed E-state index contributed by atoms with van der Waals surface area (Å²) in [6.45, 7) is 4.85. The summed E-state index contributed by atoms with van der Waals surface area (Å²) in [5, 5.41) is 15.3. The van der Waals surface area contributed by atoms with Crippen LogP contribution in [0.4, 0.5) is 5.95 Å². The van der Waals surface area contributed by atoms with E-state index < -0.39 is 0 Å². The number of anilines is 1. The highest BCUT2D eigenvalue weighted by Gasteiger charge is 2.39. The number of halogens is 1. The van der Waals surface area contributed by atoms with Crippen LogP contribution >= 0.6 is 11.6 Å². The Hall–Kier alpha value is -3.11. The van der Waals surface area contributed by atoms with Crippen molar-refractivity contribution in [3.8, 4) is 22.8 Å². The molecule has 7 rings (SSSR count). The van der Waals surface area contributed by atoms with Crippen molar-refractivity contribution >= 4 is 28.6 Å². The summed E-state index contributed by atoms with van der Waals surface area (Å²) < 4.78 is 8.59. The molecule has 0 amide bonds. The fourth-order valence-electron chi connectivity index (χ4n) is 6.61. The molecule has 0 unspecified atom stereocenters. The molecule has 10 nitrogen and oxygen atoms in total. The van der Waals surface area contributed by atoms with Gasteiger partial charge in [0.05, 0.1) is 40.5 Å². The third-order valence-electron chi connectivity index (χ3n) is 8.57. The largest absolute Gasteiger partial charge is 0.374 e. The Bertz CT molecular complexity index is 1430. The minimum atomic E-state index is 0.275. The van der Waals surface area contributed by atoms with E-state index in [2.05, 4.69) is 42.0 Å². The Morgan fingerprint density at radius 3 is 2.79 bits per heavy atom. The highest BCUT2D eigenvalue weighted by atomic mass is 35.5. The van der Waals surface area contributed by atoms with Gasteiger partial charge in [0, 0.05) is 31.0 Å². The zero-order chi connectivity index (χ0) is 25.6. The summed E-state index contributed by atoms with van der Waals surface area (Å²) in [6, 6.07) is 4.25. The number of aromatic nitrogens is 8. The van der Waals surface area contributed by atoms with Gasteiger partial charge in [0.2, 0.25) is 11.8 Å². The maximum atomic E-state index is 6.41. The molecule has 2 aliphatic carbocycles. The van der Waals surface area contributed by atoms with Crippen LogP contribution in [0.1, 0.15) is 51.9 Å². The van der Waals surface area contributed by atoms with Crippen molar-refractivity contribution in [2.24, 2.45) is 11.8 Å². The Morgan fingerprint density at radius 1 is 1.08 bits per heavy atom. The molecule has 0 radical (unpaired) electrons. The van der Waals surface area contributed by atoms with Gasteiger partial charge >= 0.3 is 0 Å². The van der Waals surface area contributed by atoms with Crippen LogP contribution in [-0.4, -0.2) is 65.4 Å². The van der Waals surface area contributed by atoms with Crippen molar-refractivity contribution < 1.29 is 4.74 Å². The number of aromatic amines is 1. The molecule has 0 spiro atoms. The first-order chi connectivity index (χ1) is 18.6. The van der Waals surface area contributed by atoms with Crippen molar-refractivity contribution in [3.63, 3.8) is 0 Å². The molecule has 0 aromatic carbocycles. The van der Waals surface area contributed by atoms with E-state index in [0.29, 0.717) is 28.5 Å². The average Bonchev–Trinajstić information content (AvgIpc) is 3.70. The van der Waals surface area contributed by atoms with E-state index in [-0.39, 0.29) is 6.10 Å². The van der Waals surface area contributed by atoms with Crippen molar-refractivity contribution in [1.29, 1.82) is 0 Å². The molecular formula is C27H32ClN9O. The lowest BCUT2D eigenvalue weighted by atomic mass is 9.83. The van der Waals surface area contributed by atoms with Gasteiger partial charge in [0.25, 0.3) is 0 Å². The molecule has 0 bridgehead atoms. The Balaban J connectivity index is 1.43. The maximum Gasteiger partial charge on any atom is 0.223 e. The minimum Gasteiger partial charge on any atom is -0.374 e. The highest BCUT2D eigenvalue weighted by molar-refractivity contribution is 6.30. The molecule has 3 fully saturated rings. The van der Waals surface area contributed by atoms with Gasteiger partial charge < -0.3 is 14.2 Å². The second-order valence-electron chi connectivity index (χ2n) is 11.1. The number of hydrogen-bond donors (Lipinski definition) is 1. The van der Waals surface area contributed by atoms with Crippen molar-refractivity contribution in [1.82, 2.24) is 40.1 Å². The van der Waals surface area contributed by atoms with E-state index in [4.69, 9.17) is 26.3 Å². The maximum absolute atomic E-state index is 6.41. The summed E-state index contributed by atoms with van der Waals surface area (Å²) >= 11 is 6.41. The molecule has 1 saturated heterocycles. The lowest BCUT2D eigenvalue weighted by Crippen LogP contribution is -2.49. The molecule has 11 heteroatoms. The molecule has 4 aromatic heterocycles. The van der Waals surface area contributed by atoms with E-state index in [1.165, 1.54) is 32.1 Å². The van der Waals surface area contributed by atoms with Crippen LogP contribution in [-0.2, 0) is 11.3 Å². The third kappa shape index (κ3) is 4.33. The van der Waals surface area contributed by atoms with Crippen molar-refractivity contribution in [2.45, 2.75) is 70.6 Å². The Kier molecular flexibility index (Phi) is 6.24. The van der Waals surface area contributed by atoms with Crippen LogP contribution in [0.5, 0.6) is 0 Å². The number of nitrogens with one attached hydrogen (secondary N) is 1. The summed E-state index contributed by atoms with van der Waals surface area (Å²) in [5.41, 5.74) is 4.13. The van der Waals surface area contributed by atoms with Gasteiger partial charge in [0.1, 0.15) is 5.69 Å². The standard InChI is InChI=1S/C27H32ClN9O/c1-16-5-7-17(8-6-16)15-37-25-20(31-27(37)36-9-10-38-23-4-2-3-22(23)36)12-21(26-32-34-35-33-26)30-24(25)18-11-19(28)14-29-13-18/h11-14,16-17,22-23H,2-10,15H2,1H3,(H,32,33,34,35)/t16?,17?,22-,23-/m0/s1. The summed E-state index contributed by atoms with van der Waals surface area (Å²) in [7, 11) is 0. The highest BCUT2D eigenvalue weighted by Crippen LogP contribution is 2.39. The van der Waals surface area contributed by atoms with Gasteiger partial charge in [-0.1, -0.05) is 31.4 Å². The van der Waals surface area contributed by atoms with Gasteiger partial charge in [-0.25, -0.2) is 9.97 Å². The number of H-pyrrole nitrogens is 1. The molecule has 1 N–H and O–H groups in total. The molecule has 2 atom stereocenters. The normalized spacial score (nSPS) is 25.7. The van der Waals surface area contributed by atoms with Crippen LogP contribution in [0.15, 0.2) is 24.5 Å². The number of hydrogen-bond acceptors (Lipinski definition) is 8. The van der Waals surface area contributed by atoms with Gasteiger partial charge in [-0.2, -0.15) is 5.21 Å². The molecule has 2 saturated carbocycles.